The minimum absolute atomic E-state index is 0.518. The highest BCUT2D eigenvalue weighted by molar-refractivity contribution is 5.18. The minimum Gasteiger partial charge on any atom is -0.381 e. The van der Waals surface area contributed by atoms with Gasteiger partial charge < -0.3 is 15.2 Å². The molecule has 1 aromatic rings. The van der Waals surface area contributed by atoms with E-state index in [1.807, 2.05) is 12.1 Å². The number of nitrogens with zero attached hydrogens (tertiary/aromatic N) is 1. The van der Waals surface area contributed by atoms with E-state index in [-0.39, 0.29) is 0 Å². The van der Waals surface area contributed by atoms with Gasteiger partial charge in [-0.15, -0.1) is 0 Å². The van der Waals surface area contributed by atoms with Crippen LogP contribution in [0.2, 0.25) is 0 Å². The molecule has 1 aromatic heterocycles. The molecule has 0 saturated carbocycles. The first kappa shape index (κ1) is 12.5. The summed E-state index contributed by atoms with van der Waals surface area (Å²) >= 11 is 0. The van der Waals surface area contributed by atoms with Crippen molar-refractivity contribution in [2.45, 2.75) is 26.0 Å². The Hall–Kier alpha value is -0.970. The third-order valence-corrected chi connectivity index (χ3v) is 3.14. The van der Waals surface area contributed by atoms with Crippen molar-refractivity contribution < 1.29 is 9.47 Å². The van der Waals surface area contributed by atoms with Crippen LogP contribution < -0.4 is 5.73 Å². The predicted octanol–water partition coefficient (Wildman–Crippen LogP) is 1.48. The zero-order chi connectivity index (χ0) is 11.9. The Morgan fingerprint density at radius 2 is 2.24 bits per heavy atom. The van der Waals surface area contributed by atoms with Gasteiger partial charge in [-0.1, -0.05) is 6.07 Å². The van der Waals surface area contributed by atoms with Crippen molar-refractivity contribution in [1.29, 1.82) is 0 Å². The summed E-state index contributed by atoms with van der Waals surface area (Å²) in [6.45, 7) is 3.61. The molecule has 1 saturated heterocycles. The number of hydrogen-bond donors (Lipinski definition) is 1. The van der Waals surface area contributed by atoms with Crippen molar-refractivity contribution in [3.05, 3.63) is 29.6 Å². The summed E-state index contributed by atoms with van der Waals surface area (Å²) in [6, 6.07) is 3.91. The highest BCUT2D eigenvalue weighted by Gasteiger charge is 2.14. The Labute approximate surface area is 102 Å². The monoisotopic (exact) mass is 236 g/mol. The molecule has 2 rings (SSSR count). The van der Waals surface area contributed by atoms with E-state index in [1.54, 1.807) is 6.20 Å². The number of nitrogens with two attached hydrogens (primary N) is 1. The highest BCUT2D eigenvalue weighted by Crippen LogP contribution is 2.15. The molecule has 0 bridgehead atoms. The Morgan fingerprint density at radius 1 is 1.41 bits per heavy atom. The van der Waals surface area contributed by atoms with Crippen LogP contribution >= 0.6 is 0 Å². The van der Waals surface area contributed by atoms with Crippen molar-refractivity contribution in [2.24, 2.45) is 11.7 Å². The van der Waals surface area contributed by atoms with Crippen LogP contribution in [0.3, 0.4) is 0 Å². The summed E-state index contributed by atoms with van der Waals surface area (Å²) in [5.41, 5.74) is 7.68. The van der Waals surface area contributed by atoms with Gasteiger partial charge in [-0.3, -0.25) is 4.98 Å². The largest absolute Gasteiger partial charge is 0.381 e. The smallest absolute Gasteiger partial charge is 0.0891 e. The van der Waals surface area contributed by atoms with Crippen molar-refractivity contribution in [3.63, 3.8) is 0 Å². The average molecular weight is 236 g/mol. The standard InChI is InChI=1S/C13H20N2O2/c14-8-12-2-1-5-15-13(12)10-17-9-11-3-6-16-7-4-11/h1-2,5,11H,3-4,6-10,14H2. The van der Waals surface area contributed by atoms with Crippen LogP contribution in [0.15, 0.2) is 18.3 Å². The van der Waals surface area contributed by atoms with Gasteiger partial charge >= 0.3 is 0 Å². The van der Waals surface area contributed by atoms with E-state index in [0.29, 0.717) is 19.1 Å². The van der Waals surface area contributed by atoms with Crippen molar-refractivity contribution in [1.82, 2.24) is 4.98 Å². The molecule has 0 spiro atoms. The first-order valence-corrected chi connectivity index (χ1v) is 6.18. The Bertz CT molecular complexity index is 338. The summed E-state index contributed by atoms with van der Waals surface area (Å²) in [7, 11) is 0. The third-order valence-electron chi connectivity index (χ3n) is 3.14. The molecule has 0 atom stereocenters. The minimum atomic E-state index is 0.518. The lowest BCUT2D eigenvalue weighted by molar-refractivity contribution is 0.0148. The van der Waals surface area contributed by atoms with Gasteiger partial charge in [-0.05, 0) is 30.4 Å². The first-order valence-electron chi connectivity index (χ1n) is 6.18. The number of hydrogen-bond acceptors (Lipinski definition) is 4. The second-order valence-electron chi connectivity index (χ2n) is 4.38. The average Bonchev–Trinajstić information content (AvgIpc) is 2.40. The maximum atomic E-state index is 5.73. The van der Waals surface area contributed by atoms with Crippen molar-refractivity contribution in [2.75, 3.05) is 19.8 Å². The second kappa shape index (κ2) is 6.69. The van der Waals surface area contributed by atoms with Gasteiger partial charge in [0.05, 0.1) is 18.9 Å². The summed E-state index contributed by atoms with van der Waals surface area (Å²) in [6.07, 6.45) is 3.99. The van der Waals surface area contributed by atoms with E-state index >= 15 is 0 Å². The van der Waals surface area contributed by atoms with Gasteiger partial charge in [0.2, 0.25) is 0 Å². The molecular formula is C13H20N2O2. The molecule has 1 aliphatic rings. The van der Waals surface area contributed by atoms with Crippen LogP contribution in [-0.4, -0.2) is 24.8 Å². The molecule has 2 heterocycles. The molecule has 4 nitrogen and oxygen atoms in total. The Morgan fingerprint density at radius 3 is 3.00 bits per heavy atom. The van der Waals surface area contributed by atoms with Crippen LogP contribution in [0, 0.1) is 5.92 Å². The zero-order valence-corrected chi connectivity index (χ0v) is 10.1. The second-order valence-corrected chi connectivity index (χ2v) is 4.38. The topological polar surface area (TPSA) is 57.4 Å². The van der Waals surface area contributed by atoms with Gasteiger partial charge in [0.15, 0.2) is 0 Å². The van der Waals surface area contributed by atoms with E-state index in [1.165, 1.54) is 0 Å². The molecule has 1 fully saturated rings. The van der Waals surface area contributed by atoms with E-state index in [4.69, 9.17) is 15.2 Å². The summed E-state index contributed by atoms with van der Waals surface area (Å²) in [4.78, 5) is 4.30. The van der Waals surface area contributed by atoms with Gasteiger partial charge in [-0.25, -0.2) is 0 Å². The van der Waals surface area contributed by atoms with Gasteiger partial charge in [0, 0.05) is 26.0 Å². The summed E-state index contributed by atoms with van der Waals surface area (Å²) in [5, 5.41) is 0. The summed E-state index contributed by atoms with van der Waals surface area (Å²) in [5.74, 6) is 0.633. The van der Waals surface area contributed by atoms with Crippen LogP contribution in [-0.2, 0) is 22.6 Å². The van der Waals surface area contributed by atoms with Gasteiger partial charge in [-0.2, -0.15) is 0 Å². The van der Waals surface area contributed by atoms with E-state index in [0.717, 1.165) is 43.9 Å². The van der Waals surface area contributed by atoms with E-state index in [9.17, 15) is 0 Å². The number of aromatic nitrogens is 1. The molecule has 0 radical (unpaired) electrons. The SMILES string of the molecule is NCc1cccnc1COCC1CCOCC1. The van der Waals surface area contributed by atoms with Crippen LogP contribution in [0.1, 0.15) is 24.1 Å². The molecular weight excluding hydrogens is 216 g/mol. The number of ether oxygens (including phenoxy) is 2. The fourth-order valence-corrected chi connectivity index (χ4v) is 2.02. The summed E-state index contributed by atoms with van der Waals surface area (Å²) < 4.78 is 11.0. The predicted molar refractivity (Wildman–Crippen MR) is 65.3 cm³/mol. The molecule has 0 unspecified atom stereocenters. The Balaban J connectivity index is 1.77. The lowest BCUT2D eigenvalue weighted by Crippen LogP contribution is -2.20. The zero-order valence-electron chi connectivity index (χ0n) is 10.1. The van der Waals surface area contributed by atoms with Crippen LogP contribution in [0.5, 0.6) is 0 Å². The van der Waals surface area contributed by atoms with Crippen molar-refractivity contribution in [3.8, 4) is 0 Å². The maximum absolute atomic E-state index is 5.73. The molecule has 0 amide bonds. The fourth-order valence-electron chi connectivity index (χ4n) is 2.02. The molecule has 1 aliphatic heterocycles. The number of rotatable bonds is 5. The molecule has 0 aromatic carbocycles. The lowest BCUT2D eigenvalue weighted by atomic mass is 10.0. The Kier molecular flexibility index (Phi) is 4.91. The normalized spacial score (nSPS) is 17.2. The molecule has 94 valence electrons. The van der Waals surface area contributed by atoms with E-state index in [2.05, 4.69) is 4.98 Å². The highest BCUT2D eigenvalue weighted by atomic mass is 16.5. The van der Waals surface area contributed by atoms with Crippen LogP contribution in [0.25, 0.3) is 0 Å². The maximum Gasteiger partial charge on any atom is 0.0891 e. The molecule has 4 heteroatoms. The third kappa shape index (κ3) is 3.77. The van der Waals surface area contributed by atoms with Crippen LogP contribution in [0.4, 0.5) is 0 Å². The van der Waals surface area contributed by atoms with Gasteiger partial charge in [0.1, 0.15) is 0 Å². The van der Waals surface area contributed by atoms with Gasteiger partial charge in [0.25, 0.3) is 0 Å². The number of pyridine rings is 1. The van der Waals surface area contributed by atoms with E-state index < -0.39 is 0 Å². The molecule has 17 heavy (non-hydrogen) atoms. The van der Waals surface area contributed by atoms with Crippen molar-refractivity contribution >= 4 is 0 Å². The first-order chi connectivity index (χ1) is 8.40. The quantitative estimate of drug-likeness (QED) is 0.841. The fraction of sp³-hybridized carbons (Fsp3) is 0.615. The molecule has 0 aliphatic carbocycles. The lowest BCUT2D eigenvalue weighted by Gasteiger charge is -2.21. The molecule has 2 N–H and O–H groups in total.